The van der Waals surface area contributed by atoms with Gasteiger partial charge in [-0.1, -0.05) is 89.9 Å². The van der Waals surface area contributed by atoms with Gasteiger partial charge in [-0.15, -0.1) is 0 Å². The maximum absolute atomic E-state index is 13.0. The van der Waals surface area contributed by atoms with Crippen LogP contribution < -0.4 is 0 Å². The molecule has 5 unspecified atom stereocenters. The molecule has 0 aromatic rings. The third kappa shape index (κ3) is 24.5. The van der Waals surface area contributed by atoms with Crippen molar-refractivity contribution in [2.24, 2.45) is 0 Å². The minimum absolute atomic E-state index is 0.0637. The standard InChI is InChI=1S/C54H56O10/c1-6-8-10-12-14-16-18-20-21-22-23-24-25-26-27-28-29-30-32-34-36-38-40-42-48(55)61-47(44-60-53-51(58)50(57)49(56)46(62-53)43-59-5)52-45(63-54(3,4)64-52)41-39-37-35-33-31-19-17-15-13-11-9-7-2/h45-47,49-53,56-58H,7,9,11,13,15,17,19,31,33,35,37,39,41,43-44H2,1-5H3/t45-,46?,47+,49?,50?,51?,52-,53?/m1/s1. The zero-order valence-corrected chi connectivity index (χ0v) is 37.4. The molecule has 2 saturated heterocycles. The van der Waals surface area contributed by atoms with Gasteiger partial charge >= 0.3 is 5.97 Å². The van der Waals surface area contributed by atoms with Crippen LogP contribution in [0.3, 0.4) is 0 Å². The lowest BCUT2D eigenvalue weighted by atomic mass is 9.99. The highest BCUT2D eigenvalue weighted by molar-refractivity contribution is 5.89. The van der Waals surface area contributed by atoms with Crippen LogP contribution in [0.5, 0.6) is 0 Å². The van der Waals surface area contributed by atoms with Crippen LogP contribution in [0.15, 0.2) is 0 Å². The fraction of sp³-hybridized carbons (Fsp3) is 0.537. The first kappa shape index (κ1) is 54.0. The Morgan fingerprint density at radius 3 is 1.47 bits per heavy atom. The highest BCUT2D eigenvalue weighted by Gasteiger charge is 2.48. The van der Waals surface area contributed by atoms with Gasteiger partial charge in [0.1, 0.15) is 30.5 Å². The minimum atomic E-state index is -1.60. The predicted molar refractivity (Wildman–Crippen MR) is 243 cm³/mol. The van der Waals surface area contributed by atoms with Gasteiger partial charge in [0.25, 0.3) is 0 Å². The highest BCUT2D eigenvalue weighted by atomic mass is 16.8. The fourth-order valence-electron chi connectivity index (χ4n) is 6.27. The lowest BCUT2D eigenvalue weighted by molar-refractivity contribution is -0.307. The normalized spacial score (nSPS) is 20.8. The van der Waals surface area contributed by atoms with Gasteiger partial charge < -0.3 is 43.7 Å². The molecule has 0 saturated carbocycles. The Labute approximate surface area is 381 Å². The first-order chi connectivity index (χ1) is 31.1. The summed E-state index contributed by atoms with van der Waals surface area (Å²) < 4.78 is 35.0. The third-order valence-corrected chi connectivity index (χ3v) is 9.21. The number of hydrogen-bond acceptors (Lipinski definition) is 10. The summed E-state index contributed by atoms with van der Waals surface area (Å²) in [6.45, 7) is 7.09. The van der Waals surface area contributed by atoms with E-state index >= 15 is 0 Å². The molecule has 0 amide bonds. The number of esters is 1. The number of methoxy groups -OCH3 is 1. The van der Waals surface area contributed by atoms with Gasteiger partial charge in [-0.2, -0.15) is 0 Å². The molecule has 10 heteroatoms. The van der Waals surface area contributed by atoms with E-state index in [9.17, 15) is 20.1 Å². The van der Waals surface area contributed by atoms with Crippen LogP contribution >= 0.6 is 0 Å². The largest absolute Gasteiger partial charge is 0.447 e. The van der Waals surface area contributed by atoms with Crippen LogP contribution in [0.2, 0.25) is 0 Å². The third-order valence-electron chi connectivity index (χ3n) is 9.21. The molecule has 332 valence electrons. The second-order valence-electron chi connectivity index (χ2n) is 14.7. The van der Waals surface area contributed by atoms with Crippen molar-refractivity contribution in [3.63, 3.8) is 0 Å². The van der Waals surface area contributed by atoms with Crippen LogP contribution in [0.4, 0.5) is 0 Å². The maximum atomic E-state index is 13.0. The van der Waals surface area contributed by atoms with Gasteiger partial charge in [0.15, 0.2) is 18.2 Å². The number of unbranched alkanes of at least 4 members (excludes halogenated alkanes) is 11. The number of hydrogen-bond donors (Lipinski definition) is 3. The number of aliphatic hydroxyl groups excluding tert-OH is 3. The highest BCUT2D eigenvalue weighted by Crippen LogP contribution is 2.34. The molecule has 2 aliphatic rings. The lowest BCUT2D eigenvalue weighted by Gasteiger charge is -2.40. The Kier molecular flexibility index (Phi) is 29.0. The molecule has 2 fully saturated rings. The summed E-state index contributed by atoms with van der Waals surface area (Å²) in [5, 5.41) is 31.5. The summed E-state index contributed by atoms with van der Waals surface area (Å²) in [5.41, 5.74) is 0. The van der Waals surface area contributed by atoms with Crippen molar-refractivity contribution in [1.82, 2.24) is 0 Å². The Balaban J connectivity index is 2.03. The number of aliphatic hydroxyl groups is 3. The Morgan fingerprint density at radius 1 is 0.578 bits per heavy atom. The van der Waals surface area contributed by atoms with E-state index in [4.69, 9.17) is 28.4 Å². The average molecular weight is 865 g/mol. The van der Waals surface area contributed by atoms with E-state index in [2.05, 4.69) is 149 Å². The molecular formula is C54H56O10. The summed E-state index contributed by atoms with van der Waals surface area (Å²) in [5.74, 6) is 58.1. The fourth-order valence-corrected chi connectivity index (χ4v) is 6.27. The molecular weight excluding hydrogens is 809 g/mol. The van der Waals surface area contributed by atoms with Gasteiger partial charge in [0, 0.05) is 48.6 Å². The van der Waals surface area contributed by atoms with E-state index in [1.165, 1.54) is 64.9 Å². The average Bonchev–Trinajstić information content (AvgIpc) is 3.59. The Hall–Kier alpha value is -6.13. The van der Waals surface area contributed by atoms with Crippen LogP contribution in [0.1, 0.15) is 111 Å². The Morgan fingerprint density at radius 2 is 1.02 bits per heavy atom. The summed E-state index contributed by atoms with van der Waals surface area (Å²) in [6.07, 6.45) is 5.95. The van der Waals surface area contributed by atoms with Gasteiger partial charge in [-0.25, -0.2) is 4.79 Å². The predicted octanol–water partition coefficient (Wildman–Crippen LogP) is 4.04. The molecule has 2 aliphatic heterocycles. The zero-order chi connectivity index (χ0) is 46.5. The van der Waals surface area contributed by atoms with E-state index in [0.717, 1.165) is 19.3 Å². The van der Waals surface area contributed by atoms with Crippen molar-refractivity contribution in [2.45, 2.75) is 166 Å². The lowest BCUT2D eigenvalue weighted by Crippen LogP contribution is -2.59. The van der Waals surface area contributed by atoms with E-state index in [1.807, 2.05) is 0 Å². The molecule has 0 radical (unpaired) electrons. The molecule has 0 aliphatic carbocycles. The molecule has 3 N–H and O–H groups in total. The van der Waals surface area contributed by atoms with Gasteiger partial charge in [-0.05, 0) is 122 Å². The first-order valence-corrected chi connectivity index (χ1v) is 21.4. The molecule has 0 bridgehead atoms. The number of carbonyl (C=O) groups excluding carboxylic acids is 1. The van der Waals surface area contributed by atoms with Crippen LogP contribution in [0.25, 0.3) is 0 Å². The minimum Gasteiger partial charge on any atom is -0.447 e. The van der Waals surface area contributed by atoms with E-state index < -0.39 is 60.8 Å². The topological polar surface area (TPSA) is 133 Å². The molecule has 0 aromatic heterocycles. The summed E-state index contributed by atoms with van der Waals surface area (Å²) >= 11 is 0. The van der Waals surface area contributed by atoms with Crippen LogP contribution in [0, 0.1) is 142 Å². The number of carbonyl (C=O) groups is 1. The number of ether oxygens (including phenoxy) is 6. The molecule has 0 spiro atoms. The van der Waals surface area contributed by atoms with Crippen molar-refractivity contribution < 1.29 is 48.5 Å². The summed E-state index contributed by atoms with van der Waals surface area (Å²) in [7, 11) is 1.41. The van der Waals surface area contributed by atoms with Crippen LogP contribution in [-0.4, -0.2) is 96.4 Å². The van der Waals surface area contributed by atoms with Crippen molar-refractivity contribution >= 4 is 5.97 Å². The molecule has 10 nitrogen and oxygen atoms in total. The molecule has 8 atom stereocenters. The first-order valence-electron chi connectivity index (χ1n) is 21.4. The second-order valence-corrected chi connectivity index (χ2v) is 14.7. The quantitative estimate of drug-likeness (QED) is 0.0714. The van der Waals surface area contributed by atoms with Gasteiger partial charge in [0.05, 0.1) is 19.3 Å². The summed E-state index contributed by atoms with van der Waals surface area (Å²) in [4.78, 5) is 13.0. The summed E-state index contributed by atoms with van der Waals surface area (Å²) in [6, 6.07) is 0. The second kappa shape index (κ2) is 34.4. The monoisotopic (exact) mass is 864 g/mol. The SMILES string of the molecule is CC#CC#CC#CC#CC#CC#CC#CC#CC#CC#CC#CC#CC(=O)O[C@@H](COC1OC(COC)C(O)C(O)C1O)[C@@H]1OC(C)(C)O[C@@H]1CCCCCCCCCCCCCC. The Bertz CT molecular complexity index is 2290. The van der Waals surface area contributed by atoms with Gasteiger partial charge in [0.2, 0.25) is 0 Å². The van der Waals surface area contributed by atoms with Crippen LogP contribution in [-0.2, 0) is 33.2 Å². The van der Waals surface area contributed by atoms with E-state index in [0.29, 0.717) is 6.42 Å². The maximum Gasteiger partial charge on any atom is 0.385 e. The smallest absolute Gasteiger partial charge is 0.385 e. The molecule has 64 heavy (non-hydrogen) atoms. The van der Waals surface area contributed by atoms with Crippen molar-refractivity contribution in [1.29, 1.82) is 0 Å². The number of rotatable bonds is 20. The van der Waals surface area contributed by atoms with Gasteiger partial charge in [-0.3, -0.25) is 0 Å². The zero-order valence-electron chi connectivity index (χ0n) is 37.4. The molecule has 0 aromatic carbocycles. The van der Waals surface area contributed by atoms with E-state index in [-0.39, 0.29) is 13.2 Å². The molecule has 2 heterocycles. The molecule has 2 rings (SSSR count). The van der Waals surface area contributed by atoms with Crippen molar-refractivity contribution in [3.05, 3.63) is 0 Å². The van der Waals surface area contributed by atoms with E-state index in [1.54, 1.807) is 20.8 Å². The van der Waals surface area contributed by atoms with Crippen molar-refractivity contribution in [3.8, 4) is 142 Å². The van der Waals surface area contributed by atoms with Crippen molar-refractivity contribution in [2.75, 3.05) is 20.3 Å².